The van der Waals surface area contributed by atoms with E-state index in [1.165, 1.54) is 0 Å². The van der Waals surface area contributed by atoms with E-state index in [1.54, 1.807) is 12.1 Å². The van der Waals surface area contributed by atoms with Crippen molar-refractivity contribution in [2.75, 3.05) is 62.3 Å². The van der Waals surface area contributed by atoms with Crippen LogP contribution in [0.2, 0.25) is 0 Å². The molecule has 4 N–H and O–H groups in total. The zero-order valence-electron chi connectivity index (χ0n) is 22.2. The Morgan fingerprint density at radius 3 is 2.33 bits per heavy atom. The van der Waals surface area contributed by atoms with Gasteiger partial charge in [-0.2, -0.15) is 15.0 Å². The molecule has 0 saturated heterocycles. The quantitative estimate of drug-likeness (QED) is 0.200. The molecule has 12 nitrogen and oxygen atoms in total. The lowest BCUT2D eigenvalue weighted by Gasteiger charge is -2.13. The minimum atomic E-state index is -0.114. The van der Waals surface area contributed by atoms with Gasteiger partial charge in [0.1, 0.15) is 0 Å². The van der Waals surface area contributed by atoms with Crippen LogP contribution in [0.1, 0.15) is 29.8 Å². The van der Waals surface area contributed by atoms with E-state index in [0.717, 1.165) is 17.1 Å². The second-order valence-corrected chi connectivity index (χ2v) is 8.88. The number of anilines is 3. The minimum absolute atomic E-state index is 0.114. The fourth-order valence-corrected chi connectivity index (χ4v) is 3.65. The number of rotatable bonds is 16. The number of carbonyl (C=O) groups is 1. The molecule has 0 saturated carbocycles. The van der Waals surface area contributed by atoms with E-state index in [1.807, 2.05) is 50.2 Å². The molecule has 1 aliphatic rings. The number of para-hydroxylation sites is 1. The SMILES string of the molecule is CC(C)Nc1nc(NCCOCCOCCNC(=O)c2ccccc2)nc(NCc2cccc3c2OCO3)n1. The maximum absolute atomic E-state index is 12.0. The maximum atomic E-state index is 12.0. The van der Waals surface area contributed by atoms with Gasteiger partial charge in [-0.25, -0.2) is 0 Å². The third-order valence-corrected chi connectivity index (χ3v) is 5.44. The van der Waals surface area contributed by atoms with Crippen LogP contribution in [-0.2, 0) is 16.0 Å². The Bertz CT molecular complexity index is 1200. The van der Waals surface area contributed by atoms with Gasteiger partial charge in [0, 0.05) is 36.8 Å². The van der Waals surface area contributed by atoms with Crippen molar-refractivity contribution in [3.05, 3.63) is 59.7 Å². The lowest BCUT2D eigenvalue weighted by Crippen LogP contribution is -2.27. The molecule has 1 amide bonds. The van der Waals surface area contributed by atoms with Gasteiger partial charge in [-0.15, -0.1) is 0 Å². The number of aromatic nitrogens is 3. The van der Waals surface area contributed by atoms with Crippen molar-refractivity contribution >= 4 is 23.8 Å². The highest BCUT2D eigenvalue weighted by Crippen LogP contribution is 2.35. The van der Waals surface area contributed by atoms with Crippen molar-refractivity contribution < 1.29 is 23.7 Å². The summed E-state index contributed by atoms with van der Waals surface area (Å²) >= 11 is 0. The molecule has 2 heterocycles. The Labute approximate surface area is 227 Å². The van der Waals surface area contributed by atoms with Gasteiger partial charge in [0.15, 0.2) is 11.5 Å². The smallest absolute Gasteiger partial charge is 0.251 e. The van der Waals surface area contributed by atoms with Crippen LogP contribution in [0.3, 0.4) is 0 Å². The van der Waals surface area contributed by atoms with Gasteiger partial charge in [-0.1, -0.05) is 30.3 Å². The summed E-state index contributed by atoms with van der Waals surface area (Å²) in [6.07, 6.45) is 0. The summed E-state index contributed by atoms with van der Waals surface area (Å²) in [5.74, 6) is 2.68. The second kappa shape index (κ2) is 14.7. The Morgan fingerprint density at radius 1 is 0.846 bits per heavy atom. The monoisotopic (exact) mass is 537 g/mol. The van der Waals surface area contributed by atoms with Crippen LogP contribution in [0.15, 0.2) is 48.5 Å². The normalized spacial score (nSPS) is 11.9. The first kappa shape index (κ1) is 27.9. The number of hydrogen-bond acceptors (Lipinski definition) is 11. The fourth-order valence-electron chi connectivity index (χ4n) is 3.65. The minimum Gasteiger partial charge on any atom is -0.454 e. The third kappa shape index (κ3) is 8.97. The van der Waals surface area contributed by atoms with E-state index in [2.05, 4.69) is 36.2 Å². The fraction of sp³-hybridized carbons (Fsp3) is 0.407. The molecule has 39 heavy (non-hydrogen) atoms. The Morgan fingerprint density at radius 2 is 1.56 bits per heavy atom. The Kier molecular flexibility index (Phi) is 10.5. The number of nitrogens with zero attached hydrogens (tertiary/aromatic N) is 3. The summed E-state index contributed by atoms with van der Waals surface area (Å²) in [7, 11) is 0. The molecular weight excluding hydrogens is 502 g/mol. The first-order valence-corrected chi connectivity index (χ1v) is 12.9. The summed E-state index contributed by atoms with van der Waals surface area (Å²) in [4.78, 5) is 25.4. The molecule has 3 aromatic rings. The van der Waals surface area contributed by atoms with Gasteiger partial charge in [0.05, 0.1) is 26.4 Å². The van der Waals surface area contributed by atoms with E-state index in [4.69, 9.17) is 18.9 Å². The highest BCUT2D eigenvalue weighted by molar-refractivity contribution is 5.94. The number of carbonyl (C=O) groups excluding carboxylic acids is 1. The predicted octanol–water partition coefficient (Wildman–Crippen LogP) is 2.91. The van der Waals surface area contributed by atoms with Gasteiger partial charge in [0.25, 0.3) is 5.91 Å². The van der Waals surface area contributed by atoms with Crippen molar-refractivity contribution in [3.8, 4) is 11.5 Å². The van der Waals surface area contributed by atoms with Crippen molar-refractivity contribution in [2.45, 2.75) is 26.4 Å². The van der Waals surface area contributed by atoms with Crippen LogP contribution in [0.4, 0.5) is 17.8 Å². The molecule has 0 atom stereocenters. The van der Waals surface area contributed by atoms with Crippen molar-refractivity contribution in [1.82, 2.24) is 20.3 Å². The van der Waals surface area contributed by atoms with Gasteiger partial charge < -0.3 is 40.2 Å². The van der Waals surface area contributed by atoms with Crippen molar-refractivity contribution in [2.24, 2.45) is 0 Å². The molecule has 1 aliphatic heterocycles. The molecule has 0 bridgehead atoms. The summed E-state index contributed by atoms with van der Waals surface area (Å²) in [6, 6.07) is 15.0. The lowest BCUT2D eigenvalue weighted by molar-refractivity contribution is 0.0519. The molecule has 0 spiro atoms. The number of fused-ring (bicyclic) bond motifs is 1. The van der Waals surface area contributed by atoms with Gasteiger partial charge >= 0.3 is 0 Å². The Balaban J connectivity index is 1.15. The number of ether oxygens (including phenoxy) is 4. The van der Waals surface area contributed by atoms with Crippen LogP contribution in [0.25, 0.3) is 0 Å². The number of amides is 1. The average Bonchev–Trinajstić information content (AvgIpc) is 3.42. The van der Waals surface area contributed by atoms with E-state index < -0.39 is 0 Å². The Hall–Kier alpha value is -4.16. The van der Waals surface area contributed by atoms with E-state index in [0.29, 0.717) is 69.5 Å². The molecule has 0 aliphatic carbocycles. The van der Waals surface area contributed by atoms with Crippen LogP contribution >= 0.6 is 0 Å². The zero-order valence-corrected chi connectivity index (χ0v) is 22.2. The first-order valence-electron chi connectivity index (χ1n) is 12.9. The second-order valence-electron chi connectivity index (χ2n) is 8.88. The van der Waals surface area contributed by atoms with E-state index in [9.17, 15) is 4.79 Å². The standard InChI is InChI=1S/C27H35N7O5/c1-19(2)31-27-33-25(32-26(34-27)30-17-21-9-6-10-22-23(21)39-18-38-22)29-12-14-37-16-15-36-13-11-28-24(35)20-7-4-3-5-8-20/h3-10,19H,11-18H2,1-2H3,(H,28,35)(H3,29,30,31,32,33,34). The average molecular weight is 538 g/mol. The van der Waals surface area contributed by atoms with Crippen LogP contribution in [-0.4, -0.2) is 73.2 Å². The van der Waals surface area contributed by atoms with Gasteiger partial charge in [-0.05, 0) is 32.0 Å². The molecular formula is C27H35N7O5. The summed E-state index contributed by atoms with van der Waals surface area (Å²) in [5, 5.41) is 12.5. The number of benzene rings is 2. The van der Waals surface area contributed by atoms with E-state index >= 15 is 0 Å². The van der Waals surface area contributed by atoms with Gasteiger partial charge in [-0.3, -0.25) is 4.79 Å². The molecule has 0 unspecified atom stereocenters. The largest absolute Gasteiger partial charge is 0.454 e. The van der Waals surface area contributed by atoms with Gasteiger partial charge in [0.2, 0.25) is 24.6 Å². The van der Waals surface area contributed by atoms with Crippen molar-refractivity contribution in [3.63, 3.8) is 0 Å². The highest BCUT2D eigenvalue weighted by Gasteiger charge is 2.17. The molecule has 0 fully saturated rings. The molecule has 1 aromatic heterocycles. The van der Waals surface area contributed by atoms with Crippen molar-refractivity contribution in [1.29, 1.82) is 0 Å². The summed E-state index contributed by atoms with van der Waals surface area (Å²) in [5.41, 5.74) is 1.58. The topological polar surface area (TPSA) is 141 Å². The summed E-state index contributed by atoms with van der Waals surface area (Å²) < 4.78 is 22.2. The molecule has 4 rings (SSSR count). The first-order chi connectivity index (χ1) is 19.1. The number of nitrogens with one attached hydrogen (secondary N) is 4. The number of hydrogen-bond donors (Lipinski definition) is 4. The van der Waals surface area contributed by atoms with E-state index in [-0.39, 0.29) is 18.7 Å². The van der Waals surface area contributed by atoms with Crippen LogP contribution < -0.4 is 30.7 Å². The maximum Gasteiger partial charge on any atom is 0.251 e. The van der Waals surface area contributed by atoms with Crippen LogP contribution in [0, 0.1) is 0 Å². The highest BCUT2D eigenvalue weighted by atomic mass is 16.7. The third-order valence-electron chi connectivity index (χ3n) is 5.44. The lowest BCUT2D eigenvalue weighted by atomic mass is 10.2. The zero-order chi connectivity index (χ0) is 27.3. The molecule has 12 heteroatoms. The van der Waals surface area contributed by atoms with Crippen LogP contribution in [0.5, 0.6) is 11.5 Å². The molecule has 208 valence electrons. The molecule has 2 aromatic carbocycles. The molecule has 0 radical (unpaired) electrons. The summed E-state index contributed by atoms with van der Waals surface area (Å²) in [6.45, 7) is 7.39. The predicted molar refractivity (Wildman–Crippen MR) is 147 cm³/mol.